The van der Waals surface area contributed by atoms with Gasteiger partial charge in [0.15, 0.2) is 0 Å². The second kappa shape index (κ2) is 5.01. The molecule has 0 fully saturated rings. The highest BCUT2D eigenvalue weighted by molar-refractivity contribution is 5.92. The first-order chi connectivity index (χ1) is 8.99. The molecule has 0 aliphatic rings. The van der Waals surface area contributed by atoms with Crippen LogP contribution in [-0.2, 0) is 18.4 Å². The summed E-state index contributed by atoms with van der Waals surface area (Å²) in [6.07, 6.45) is 3.19. The number of anilines is 2. The maximum atomic E-state index is 11.9. The third-order valence-electron chi connectivity index (χ3n) is 2.98. The topological polar surface area (TPSA) is 82.0 Å². The van der Waals surface area contributed by atoms with E-state index in [0.29, 0.717) is 11.4 Å². The fraction of sp³-hybridized carbons (Fsp3) is 0.231. The van der Waals surface area contributed by atoms with Gasteiger partial charge in [-0.3, -0.25) is 9.36 Å². The molecule has 0 radical (unpaired) electrons. The predicted molar refractivity (Wildman–Crippen MR) is 73.9 cm³/mol. The lowest BCUT2D eigenvalue weighted by atomic mass is 10.1. The van der Waals surface area contributed by atoms with E-state index in [1.54, 1.807) is 37.6 Å². The van der Waals surface area contributed by atoms with Crippen molar-refractivity contribution < 1.29 is 4.79 Å². The van der Waals surface area contributed by atoms with Gasteiger partial charge >= 0.3 is 5.69 Å². The van der Waals surface area contributed by atoms with Crippen LogP contribution in [0.15, 0.2) is 35.4 Å². The quantitative estimate of drug-likeness (QED) is 0.798. The van der Waals surface area contributed by atoms with Crippen molar-refractivity contribution in [3.8, 4) is 0 Å². The first kappa shape index (κ1) is 12.9. The van der Waals surface area contributed by atoms with Gasteiger partial charge in [0.2, 0.25) is 5.91 Å². The van der Waals surface area contributed by atoms with E-state index in [-0.39, 0.29) is 18.1 Å². The Kier molecular flexibility index (Phi) is 3.41. The number of rotatable bonds is 3. The average Bonchev–Trinajstić information content (AvgIpc) is 2.67. The molecule has 3 N–H and O–H groups in total. The summed E-state index contributed by atoms with van der Waals surface area (Å²) >= 11 is 0. The van der Waals surface area contributed by atoms with Crippen LogP contribution in [0.3, 0.4) is 0 Å². The van der Waals surface area contributed by atoms with Crippen LogP contribution in [0, 0.1) is 6.92 Å². The van der Waals surface area contributed by atoms with Crippen molar-refractivity contribution in [3.05, 3.63) is 46.6 Å². The summed E-state index contributed by atoms with van der Waals surface area (Å²) in [7, 11) is 1.64. The Morgan fingerprint density at radius 2 is 2.11 bits per heavy atom. The minimum absolute atomic E-state index is 0.0199. The predicted octanol–water partition coefficient (Wildman–Crippen LogP) is 0.716. The van der Waals surface area contributed by atoms with Gasteiger partial charge in [0.1, 0.15) is 6.54 Å². The number of aryl methyl sites for hydroxylation is 1. The lowest BCUT2D eigenvalue weighted by molar-refractivity contribution is -0.116. The number of carbonyl (C=O) groups excluding carboxylic acids is 1. The third-order valence-corrected chi connectivity index (χ3v) is 2.98. The van der Waals surface area contributed by atoms with E-state index >= 15 is 0 Å². The second-order valence-corrected chi connectivity index (χ2v) is 4.39. The molecule has 0 aliphatic carbocycles. The first-order valence-corrected chi connectivity index (χ1v) is 5.85. The Balaban J connectivity index is 2.12. The van der Waals surface area contributed by atoms with Crippen molar-refractivity contribution >= 4 is 17.3 Å². The minimum Gasteiger partial charge on any atom is -0.398 e. The highest BCUT2D eigenvalue weighted by atomic mass is 16.2. The molecule has 19 heavy (non-hydrogen) atoms. The lowest BCUT2D eigenvalue weighted by Gasteiger charge is -2.10. The van der Waals surface area contributed by atoms with Crippen LogP contribution >= 0.6 is 0 Å². The third kappa shape index (κ3) is 2.67. The summed E-state index contributed by atoms with van der Waals surface area (Å²) in [6.45, 7) is 1.81. The molecule has 6 nitrogen and oxygen atoms in total. The van der Waals surface area contributed by atoms with Crippen LogP contribution in [0.1, 0.15) is 5.56 Å². The molecule has 0 saturated heterocycles. The van der Waals surface area contributed by atoms with Crippen molar-refractivity contribution in [2.24, 2.45) is 7.05 Å². The maximum Gasteiger partial charge on any atom is 0.328 e. The summed E-state index contributed by atoms with van der Waals surface area (Å²) in [5.74, 6) is -0.262. The van der Waals surface area contributed by atoms with Gasteiger partial charge in [-0.25, -0.2) is 4.79 Å². The van der Waals surface area contributed by atoms with Gasteiger partial charge in [0.25, 0.3) is 0 Å². The monoisotopic (exact) mass is 260 g/mol. The first-order valence-electron chi connectivity index (χ1n) is 5.85. The van der Waals surface area contributed by atoms with Gasteiger partial charge in [0.05, 0.1) is 0 Å². The number of imidazole rings is 1. The van der Waals surface area contributed by atoms with Crippen LogP contribution in [0.25, 0.3) is 0 Å². The molecule has 2 aromatic rings. The molecule has 0 spiro atoms. The second-order valence-electron chi connectivity index (χ2n) is 4.39. The number of hydrogen-bond donors (Lipinski definition) is 2. The van der Waals surface area contributed by atoms with E-state index in [1.807, 2.05) is 6.92 Å². The van der Waals surface area contributed by atoms with Crippen molar-refractivity contribution in [2.75, 3.05) is 11.1 Å². The Morgan fingerprint density at radius 1 is 1.37 bits per heavy atom. The minimum atomic E-state index is -0.262. The molecule has 1 aromatic carbocycles. The molecule has 1 heterocycles. The molecule has 0 unspecified atom stereocenters. The van der Waals surface area contributed by atoms with Crippen LogP contribution in [0.2, 0.25) is 0 Å². The van der Waals surface area contributed by atoms with E-state index < -0.39 is 0 Å². The number of nitrogens with two attached hydrogens (primary N) is 1. The van der Waals surface area contributed by atoms with E-state index in [9.17, 15) is 9.59 Å². The highest BCUT2D eigenvalue weighted by Gasteiger charge is 2.09. The van der Waals surface area contributed by atoms with Gasteiger partial charge in [-0.1, -0.05) is 6.07 Å². The SMILES string of the molecule is Cc1c(N)cccc1NC(=O)Cn1ccn(C)c1=O. The fourth-order valence-electron chi connectivity index (χ4n) is 1.76. The van der Waals surface area contributed by atoms with Crippen LogP contribution in [0.5, 0.6) is 0 Å². The summed E-state index contributed by atoms with van der Waals surface area (Å²) in [5, 5.41) is 2.75. The molecule has 100 valence electrons. The average molecular weight is 260 g/mol. The number of amides is 1. The number of aromatic nitrogens is 2. The van der Waals surface area contributed by atoms with Gasteiger partial charge in [-0.2, -0.15) is 0 Å². The van der Waals surface area contributed by atoms with Crippen LogP contribution < -0.4 is 16.7 Å². The fourth-order valence-corrected chi connectivity index (χ4v) is 1.76. The molecule has 2 rings (SSSR count). The van der Waals surface area contributed by atoms with E-state index in [4.69, 9.17) is 5.73 Å². The van der Waals surface area contributed by atoms with Crippen molar-refractivity contribution in [1.82, 2.24) is 9.13 Å². The van der Waals surface area contributed by atoms with Crippen LogP contribution in [-0.4, -0.2) is 15.0 Å². The number of nitrogens with one attached hydrogen (secondary N) is 1. The van der Waals surface area contributed by atoms with Gasteiger partial charge in [0, 0.05) is 30.8 Å². The molecule has 0 bridgehead atoms. The Hall–Kier alpha value is -2.50. The standard InChI is InChI=1S/C13H16N4O2/c1-9-10(14)4-3-5-11(9)15-12(18)8-17-7-6-16(2)13(17)19/h3-7H,8,14H2,1-2H3,(H,15,18). The smallest absolute Gasteiger partial charge is 0.328 e. The Labute approximate surface area is 110 Å². The maximum absolute atomic E-state index is 11.9. The molecular weight excluding hydrogens is 244 g/mol. The zero-order valence-electron chi connectivity index (χ0n) is 10.9. The van der Waals surface area contributed by atoms with E-state index in [2.05, 4.69) is 5.32 Å². The van der Waals surface area contributed by atoms with E-state index in [1.165, 1.54) is 9.13 Å². The summed E-state index contributed by atoms with van der Waals surface area (Å²) < 4.78 is 2.76. The Bertz CT molecular complexity index is 670. The van der Waals surface area contributed by atoms with Crippen molar-refractivity contribution in [1.29, 1.82) is 0 Å². The summed E-state index contributed by atoms with van der Waals surface area (Å²) in [6, 6.07) is 5.32. The van der Waals surface area contributed by atoms with Crippen LogP contribution in [0.4, 0.5) is 11.4 Å². The van der Waals surface area contributed by atoms with Gasteiger partial charge in [-0.05, 0) is 24.6 Å². The number of nitrogen functional groups attached to an aromatic ring is 1. The largest absolute Gasteiger partial charge is 0.398 e. The molecule has 0 saturated carbocycles. The number of carbonyl (C=O) groups is 1. The van der Waals surface area contributed by atoms with Gasteiger partial charge in [-0.15, -0.1) is 0 Å². The molecule has 1 amide bonds. The molecule has 1 aromatic heterocycles. The number of hydrogen-bond acceptors (Lipinski definition) is 3. The lowest BCUT2D eigenvalue weighted by Crippen LogP contribution is -2.28. The molecule has 6 heteroatoms. The zero-order valence-corrected chi connectivity index (χ0v) is 10.9. The summed E-state index contributed by atoms with van der Waals surface area (Å²) in [5.41, 5.74) is 7.64. The summed E-state index contributed by atoms with van der Waals surface area (Å²) in [4.78, 5) is 23.5. The van der Waals surface area contributed by atoms with Crippen molar-refractivity contribution in [3.63, 3.8) is 0 Å². The highest BCUT2D eigenvalue weighted by Crippen LogP contribution is 2.20. The molecule has 0 aliphatic heterocycles. The number of nitrogens with zero attached hydrogens (tertiary/aromatic N) is 2. The normalized spacial score (nSPS) is 10.4. The zero-order chi connectivity index (χ0) is 14.0. The van der Waals surface area contributed by atoms with Gasteiger partial charge < -0.3 is 15.6 Å². The Morgan fingerprint density at radius 3 is 2.74 bits per heavy atom. The number of benzene rings is 1. The van der Waals surface area contributed by atoms with E-state index in [0.717, 1.165) is 5.56 Å². The molecular formula is C13H16N4O2. The molecule has 0 atom stereocenters. The van der Waals surface area contributed by atoms with Crippen molar-refractivity contribution in [2.45, 2.75) is 13.5 Å².